The summed E-state index contributed by atoms with van der Waals surface area (Å²) in [5.74, 6) is -0.495. The second kappa shape index (κ2) is 6.44. The topological polar surface area (TPSA) is 37.4 Å². The second-order valence-electron chi connectivity index (χ2n) is 4.67. The van der Waals surface area contributed by atoms with E-state index in [0.29, 0.717) is 5.56 Å². The number of hydrogen-bond donors (Lipinski definition) is 0. The van der Waals surface area contributed by atoms with Crippen LogP contribution in [-0.2, 0) is 22.4 Å². The average Bonchev–Trinajstić information content (AvgIpc) is 2.94. The Balaban J connectivity index is 2.41. The summed E-state index contributed by atoms with van der Waals surface area (Å²) in [6.07, 6.45) is 0. The Hall–Kier alpha value is -0.950. The van der Waals surface area contributed by atoms with Crippen molar-refractivity contribution in [3.05, 3.63) is 51.5 Å². The highest BCUT2D eigenvalue weighted by Crippen LogP contribution is 2.25. The van der Waals surface area contributed by atoms with Crippen molar-refractivity contribution in [3.8, 4) is 0 Å². The van der Waals surface area contributed by atoms with Crippen LogP contribution >= 0.6 is 22.9 Å². The molecular formula is C14H15ClFNO2S2. The summed E-state index contributed by atoms with van der Waals surface area (Å²) >= 11 is 7.17. The quantitative estimate of drug-likeness (QED) is 0.772. The van der Waals surface area contributed by atoms with Gasteiger partial charge in [-0.1, -0.05) is 6.07 Å². The third-order valence-corrected chi connectivity index (χ3v) is 6.26. The lowest BCUT2D eigenvalue weighted by atomic mass is 10.1. The van der Waals surface area contributed by atoms with Crippen molar-refractivity contribution in [3.63, 3.8) is 0 Å². The standard InChI is InChI=1S/C14H15ClFNO2S2/c1-10-13(16)6-11(8-15)7-14(10)21(18,19)17(2)9-12-4-3-5-20-12/h3-7H,8-9H2,1-2H3. The molecule has 2 aromatic rings. The average molecular weight is 348 g/mol. The highest BCUT2D eigenvalue weighted by atomic mass is 35.5. The first-order valence-electron chi connectivity index (χ1n) is 6.20. The zero-order chi connectivity index (χ0) is 15.6. The SMILES string of the molecule is Cc1c(F)cc(CCl)cc1S(=O)(=O)N(C)Cc1cccs1. The van der Waals surface area contributed by atoms with E-state index in [0.717, 1.165) is 4.88 Å². The van der Waals surface area contributed by atoms with Gasteiger partial charge in [-0.2, -0.15) is 4.31 Å². The van der Waals surface area contributed by atoms with Gasteiger partial charge in [0.1, 0.15) is 5.82 Å². The van der Waals surface area contributed by atoms with Crippen molar-refractivity contribution in [2.24, 2.45) is 0 Å². The van der Waals surface area contributed by atoms with Crippen molar-refractivity contribution >= 4 is 33.0 Å². The van der Waals surface area contributed by atoms with Gasteiger partial charge in [-0.15, -0.1) is 22.9 Å². The predicted molar refractivity (Wildman–Crippen MR) is 83.7 cm³/mol. The molecule has 0 saturated heterocycles. The minimum Gasteiger partial charge on any atom is -0.207 e. The summed E-state index contributed by atoms with van der Waals surface area (Å²) in [6, 6.07) is 6.42. The van der Waals surface area contributed by atoms with Gasteiger partial charge in [-0.25, -0.2) is 12.8 Å². The fraction of sp³-hybridized carbons (Fsp3) is 0.286. The van der Waals surface area contributed by atoms with Crippen LogP contribution in [-0.4, -0.2) is 19.8 Å². The summed E-state index contributed by atoms with van der Waals surface area (Å²) < 4.78 is 40.3. The molecule has 2 rings (SSSR count). The van der Waals surface area contributed by atoms with Crippen LogP contribution in [0.4, 0.5) is 4.39 Å². The summed E-state index contributed by atoms with van der Waals surface area (Å²) in [5, 5.41) is 1.88. The van der Waals surface area contributed by atoms with Crippen LogP contribution in [0.15, 0.2) is 34.5 Å². The monoisotopic (exact) mass is 347 g/mol. The molecule has 7 heteroatoms. The number of nitrogens with zero attached hydrogens (tertiary/aromatic N) is 1. The zero-order valence-electron chi connectivity index (χ0n) is 11.6. The van der Waals surface area contributed by atoms with Crippen LogP contribution in [0, 0.1) is 12.7 Å². The normalized spacial score (nSPS) is 12.0. The zero-order valence-corrected chi connectivity index (χ0v) is 14.0. The molecule has 21 heavy (non-hydrogen) atoms. The third-order valence-electron chi connectivity index (χ3n) is 3.16. The largest absolute Gasteiger partial charge is 0.243 e. The summed E-state index contributed by atoms with van der Waals surface area (Å²) in [6.45, 7) is 1.71. The summed E-state index contributed by atoms with van der Waals surface area (Å²) in [7, 11) is -2.27. The molecule has 0 aliphatic heterocycles. The number of alkyl halides is 1. The van der Waals surface area contributed by atoms with Crippen molar-refractivity contribution in [1.82, 2.24) is 4.31 Å². The van der Waals surface area contributed by atoms with E-state index in [1.54, 1.807) is 0 Å². The van der Waals surface area contributed by atoms with E-state index in [9.17, 15) is 12.8 Å². The molecule has 3 nitrogen and oxygen atoms in total. The van der Waals surface area contributed by atoms with Gasteiger partial charge in [0.25, 0.3) is 0 Å². The van der Waals surface area contributed by atoms with E-state index in [1.807, 2.05) is 17.5 Å². The minimum atomic E-state index is -3.76. The first-order chi connectivity index (χ1) is 9.86. The Labute approximate surface area is 133 Å². The Morgan fingerprint density at radius 2 is 2.10 bits per heavy atom. The molecule has 0 atom stereocenters. The maximum Gasteiger partial charge on any atom is 0.243 e. The minimum absolute atomic E-state index is 0.0304. The molecule has 0 fully saturated rings. The number of thiophene rings is 1. The molecule has 0 spiro atoms. The molecular weight excluding hydrogens is 333 g/mol. The molecule has 0 aliphatic carbocycles. The molecule has 0 N–H and O–H groups in total. The molecule has 0 radical (unpaired) electrons. The number of rotatable bonds is 5. The second-order valence-corrected chi connectivity index (χ2v) is 7.99. The van der Waals surface area contributed by atoms with E-state index in [4.69, 9.17) is 11.6 Å². The smallest absolute Gasteiger partial charge is 0.207 e. The van der Waals surface area contributed by atoms with E-state index in [2.05, 4.69) is 0 Å². The lowest BCUT2D eigenvalue weighted by Gasteiger charge is -2.18. The first-order valence-corrected chi connectivity index (χ1v) is 9.05. The molecule has 1 aromatic heterocycles. The van der Waals surface area contributed by atoms with Crippen LogP contribution in [0.25, 0.3) is 0 Å². The lowest BCUT2D eigenvalue weighted by molar-refractivity contribution is 0.468. The van der Waals surface area contributed by atoms with Gasteiger partial charge >= 0.3 is 0 Å². The number of hydrogen-bond acceptors (Lipinski definition) is 3. The van der Waals surface area contributed by atoms with Crippen LogP contribution in [0.2, 0.25) is 0 Å². The Morgan fingerprint density at radius 3 is 2.67 bits per heavy atom. The first kappa shape index (κ1) is 16.4. The van der Waals surface area contributed by atoms with Gasteiger partial charge < -0.3 is 0 Å². The van der Waals surface area contributed by atoms with Gasteiger partial charge in [0.2, 0.25) is 10.0 Å². The predicted octanol–water partition coefficient (Wildman–Crippen LogP) is 3.76. The van der Waals surface area contributed by atoms with E-state index in [-0.39, 0.29) is 22.9 Å². The lowest BCUT2D eigenvalue weighted by Crippen LogP contribution is -2.27. The molecule has 0 aliphatic rings. The van der Waals surface area contributed by atoms with Crippen LogP contribution in [0.1, 0.15) is 16.0 Å². The van der Waals surface area contributed by atoms with E-state index < -0.39 is 15.8 Å². The number of halogens is 2. The Bertz CT molecular complexity index is 730. The van der Waals surface area contributed by atoms with Crippen molar-refractivity contribution < 1.29 is 12.8 Å². The van der Waals surface area contributed by atoms with E-state index >= 15 is 0 Å². The third kappa shape index (κ3) is 3.45. The summed E-state index contributed by atoms with van der Waals surface area (Å²) in [4.78, 5) is 0.893. The number of benzene rings is 1. The van der Waals surface area contributed by atoms with Gasteiger partial charge in [0.05, 0.1) is 4.90 Å². The van der Waals surface area contributed by atoms with E-state index in [1.165, 1.54) is 41.7 Å². The Kier molecular flexibility index (Phi) is 5.03. The van der Waals surface area contributed by atoms with Crippen LogP contribution in [0.5, 0.6) is 0 Å². The van der Waals surface area contributed by atoms with Gasteiger partial charge in [0, 0.05) is 29.9 Å². The van der Waals surface area contributed by atoms with Crippen molar-refractivity contribution in [2.75, 3.05) is 7.05 Å². The maximum absolute atomic E-state index is 13.9. The van der Waals surface area contributed by atoms with Gasteiger partial charge in [-0.3, -0.25) is 0 Å². The van der Waals surface area contributed by atoms with Crippen molar-refractivity contribution in [2.45, 2.75) is 24.2 Å². The molecule has 0 amide bonds. The molecule has 114 valence electrons. The highest BCUT2D eigenvalue weighted by molar-refractivity contribution is 7.89. The van der Waals surface area contributed by atoms with Crippen LogP contribution < -0.4 is 0 Å². The maximum atomic E-state index is 13.9. The highest BCUT2D eigenvalue weighted by Gasteiger charge is 2.25. The molecule has 1 heterocycles. The Morgan fingerprint density at radius 1 is 1.38 bits per heavy atom. The summed E-state index contributed by atoms with van der Waals surface area (Å²) in [5.41, 5.74) is 0.560. The molecule has 0 unspecified atom stereocenters. The van der Waals surface area contributed by atoms with Gasteiger partial charge in [-0.05, 0) is 36.1 Å². The van der Waals surface area contributed by atoms with Crippen molar-refractivity contribution in [1.29, 1.82) is 0 Å². The fourth-order valence-electron chi connectivity index (χ4n) is 1.93. The molecule has 0 saturated carbocycles. The molecule has 1 aromatic carbocycles. The van der Waals surface area contributed by atoms with Crippen LogP contribution in [0.3, 0.4) is 0 Å². The fourth-order valence-corrected chi connectivity index (χ4v) is 4.35. The molecule has 0 bridgehead atoms. The number of sulfonamides is 1. The van der Waals surface area contributed by atoms with Gasteiger partial charge in [0.15, 0.2) is 0 Å².